The van der Waals surface area contributed by atoms with Gasteiger partial charge in [0.25, 0.3) is 5.91 Å². The number of primary amides is 1. The van der Waals surface area contributed by atoms with Gasteiger partial charge in [-0.3, -0.25) is 10.2 Å². The summed E-state index contributed by atoms with van der Waals surface area (Å²) in [5.41, 5.74) is 13.4. The molecule has 6 nitrogen and oxygen atoms in total. The van der Waals surface area contributed by atoms with Gasteiger partial charge in [-0.05, 0) is 42.0 Å². The predicted octanol–water partition coefficient (Wildman–Crippen LogP) is -0.282. The first-order valence-corrected chi connectivity index (χ1v) is 5.08. The van der Waals surface area contributed by atoms with E-state index < -0.39 is 5.91 Å². The average Bonchev–Trinajstić information content (AvgIpc) is 2.27. The first-order chi connectivity index (χ1) is 8.08. The minimum absolute atomic E-state index is 0.0997. The summed E-state index contributed by atoms with van der Waals surface area (Å²) in [6.07, 6.45) is 1.55. The molecule has 0 atom stereocenters. The number of hydrogen-bond donors (Lipinski definition) is 3. The van der Waals surface area contributed by atoms with Crippen LogP contribution in [0.1, 0.15) is 5.56 Å². The monoisotopic (exact) mass is 252 g/mol. The number of carbonyl (C=O) groups is 1. The Morgan fingerprint density at radius 1 is 1.41 bits per heavy atom. The van der Waals surface area contributed by atoms with Gasteiger partial charge in [0.1, 0.15) is 5.75 Å². The maximum absolute atomic E-state index is 10.5. The minimum Gasteiger partial charge on any atom is -0.484 e. The molecule has 1 amide bonds. The number of ether oxygens (including phenoxy) is 1. The standard InChI is InChI=1S/C10H12N4O2S/c11-9(15)6-16-8-3-1-7(2-4-8)5-13-14-10(12)17/h1-5H,6H2,(H2,11,15)(H3,12,14,17)/b13-5+. The SMILES string of the molecule is NC(=O)COc1ccc(/C=N/NC(N)=S)cc1. The lowest BCUT2D eigenvalue weighted by molar-refractivity contribution is -0.119. The predicted molar refractivity (Wildman–Crippen MR) is 68.6 cm³/mol. The zero-order chi connectivity index (χ0) is 12.7. The zero-order valence-corrected chi connectivity index (χ0v) is 9.74. The van der Waals surface area contributed by atoms with E-state index in [2.05, 4.69) is 22.7 Å². The number of rotatable bonds is 5. The molecule has 0 fully saturated rings. The second-order valence-corrected chi connectivity index (χ2v) is 3.50. The fourth-order valence-electron chi connectivity index (χ4n) is 0.975. The minimum atomic E-state index is -0.517. The normalized spacial score (nSPS) is 10.1. The molecule has 17 heavy (non-hydrogen) atoms. The van der Waals surface area contributed by atoms with Crippen molar-refractivity contribution in [2.24, 2.45) is 16.6 Å². The molecule has 0 unspecified atom stereocenters. The lowest BCUT2D eigenvalue weighted by Gasteiger charge is -2.03. The highest BCUT2D eigenvalue weighted by Crippen LogP contribution is 2.10. The van der Waals surface area contributed by atoms with Crippen molar-refractivity contribution < 1.29 is 9.53 Å². The van der Waals surface area contributed by atoms with E-state index in [1.165, 1.54) is 0 Å². The van der Waals surface area contributed by atoms with Crippen molar-refractivity contribution in [2.75, 3.05) is 6.61 Å². The number of amides is 1. The molecule has 1 aromatic rings. The Labute approximate surface area is 104 Å². The van der Waals surface area contributed by atoms with E-state index in [0.717, 1.165) is 5.56 Å². The summed E-state index contributed by atoms with van der Waals surface area (Å²) in [5, 5.41) is 3.89. The fourth-order valence-corrected chi connectivity index (χ4v) is 1.03. The Hall–Kier alpha value is -2.15. The first kappa shape index (κ1) is 12.9. The van der Waals surface area contributed by atoms with Gasteiger partial charge in [-0.15, -0.1) is 0 Å². The van der Waals surface area contributed by atoms with Crippen LogP contribution in [0.4, 0.5) is 0 Å². The molecule has 1 aromatic carbocycles. The topological polar surface area (TPSA) is 103 Å². The molecular formula is C10H12N4O2S. The van der Waals surface area contributed by atoms with Crippen LogP contribution in [-0.2, 0) is 4.79 Å². The van der Waals surface area contributed by atoms with Crippen molar-refractivity contribution >= 4 is 29.5 Å². The van der Waals surface area contributed by atoms with Gasteiger partial charge < -0.3 is 16.2 Å². The van der Waals surface area contributed by atoms with Crippen LogP contribution in [0.3, 0.4) is 0 Å². The number of hydrogen-bond acceptors (Lipinski definition) is 4. The van der Waals surface area contributed by atoms with Gasteiger partial charge in [0, 0.05) is 0 Å². The van der Waals surface area contributed by atoms with Crippen molar-refractivity contribution in [3.63, 3.8) is 0 Å². The van der Waals surface area contributed by atoms with Crippen LogP contribution in [-0.4, -0.2) is 23.8 Å². The van der Waals surface area contributed by atoms with Gasteiger partial charge in [-0.2, -0.15) is 5.10 Å². The molecular weight excluding hydrogens is 240 g/mol. The van der Waals surface area contributed by atoms with E-state index in [9.17, 15) is 4.79 Å². The Bertz CT molecular complexity index is 430. The Morgan fingerprint density at radius 2 is 2.06 bits per heavy atom. The maximum atomic E-state index is 10.5. The van der Waals surface area contributed by atoms with E-state index in [0.29, 0.717) is 5.75 Å². The fraction of sp³-hybridized carbons (Fsp3) is 0.100. The number of hydrazone groups is 1. The van der Waals surface area contributed by atoms with Gasteiger partial charge in [-0.1, -0.05) is 0 Å². The van der Waals surface area contributed by atoms with E-state index in [4.69, 9.17) is 16.2 Å². The van der Waals surface area contributed by atoms with Gasteiger partial charge in [-0.25, -0.2) is 0 Å². The Balaban J connectivity index is 2.52. The molecule has 0 heterocycles. The lowest BCUT2D eigenvalue weighted by atomic mass is 10.2. The highest BCUT2D eigenvalue weighted by molar-refractivity contribution is 7.80. The molecule has 0 aliphatic heterocycles. The van der Waals surface area contributed by atoms with E-state index in [-0.39, 0.29) is 11.7 Å². The smallest absolute Gasteiger partial charge is 0.255 e. The summed E-state index contributed by atoms with van der Waals surface area (Å²) in [4.78, 5) is 10.5. The maximum Gasteiger partial charge on any atom is 0.255 e. The van der Waals surface area contributed by atoms with E-state index in [1.54, 1.807) is 30.5 Å². The molecule has 0 aromatic heterocycles. The third kappa shape index (κ3) is 5.47. The first-order valence-electron chi connectivity index (χ1n) is 4.67. The van der Waals surface area contributed by atoms with E-state index >= 15 is 0 Å². The van der Waals surface area contributed by atoms with Crippen molar-refractivity contribution in [3.8, 4) is 5.75 Å². The molecule has 7 heteroatoms. The van der Waals surface area contributed by atoms with Crippen LogP contribution in [0, 0.1) is 0 Å². The zero-order valence-electron chi connectivity index (χ0n) is 8.92. The summed E-state index contributed by atoms with van der Waals surface area (Å²) in [7, 11) is 0. The molecule has 0 aliphatic carbocycles. The van der Waals surface area contributed by atoms with Gasteiger partial charge in [0.05, 0.1) is 6.21 Å². The van der Waals surface area contributed by atoms with Crippen LogP contribution in [0.15, 0.2) is 29.4 Å². The molecule has 0 saturated carbocycles. The highest BCUT2D eigenvalue weighted by atomic mass is 32.1. The van der Waals surface area contributed by atoms with Crippen molar-refractivity contribution in [2.45, 2.75) is 0 Å². The van der Waals surface area contributed by atoms with Gasteiger partial charge in [0.2, 0.25) is 0 Å². The number of nitrogens with two attached hydrogens (primary N) is 2. The van der Waals surface area contributed by atoms with Crippen LogP contribution in [0.25, 0.3) is 0 Å². The summed E-state index contributed by atoms with van der Waals surface area (Å²) in [6.45, 7) is -0.142. The summed E-state index contributed by atoms with van der Waals surface area (Å²) in [6, 6.07) is 6.93. The van der Waals surface area contributed by atoms with Crippen molar-refractivity contribution in [3.05, 3.63) is 29.8 Å². The van der Waals surface area contributed by atoms with Crippen LogP contribution in [0.2, 0.25) is 0 Å². The number of carbonyl (C=O) groups excluding carboxylic acids is 1. The summed E-state index contributed by atoms with van der Waals surface area (Å²) >= 11 is 4.58. The number of thiocarbonyl (C=S) groups is 1. The largest absolute Gasteiger partial charge is 0.484 e. The van der Waals surface area contributed by atoms with Crippen molar-refractivity contribution in [1.29, 1.82) is 0 Å². The Kier molecular flexibility index (Phi) is 4.89. The average molecular weight is 252 g/mol. The second kappa shape index (κ2) is 6.44. The van der Waals surface area contributed by atoms with Crippen molar-refractivity contribution in [1.82, 2.24) is 5.43 Å². The molecule has 0 spiro atoms. The van der Waals surface area contributed by atoms with Crippen LogP contribution < -0.4 is 21.6 Å². The summed E-state index contributed by atoms with van der Waals surface area (Å²) < 4.78 is 5.09. The van der Waals surface area contributed by atoms with Gasteiger partial charge in [0.15, 0.2) is 11.7 Å². The second-order valence-electron chi connectivity index (χ2n) is 3.06. The molecule has 90 valence electrons. The third-order valence-electron chi connectivity index (χ3n) is 1.65. The molecule has 0 saturated heterocycles. The number of nitrogens with one attached hydrogen (secondary N) is 1. The number of nitrogens with zero attached hydrogens (tertiary/aromatic N) is 1. The van der Waals surface area contributed by atoms with Crippen LogP contribution >= 0.6 is 12.2 Å². The molecule has 5 N–H and O–H groups in total. The molecule has 0 radical (unpaired) electrons. The van der Waals surface area contributed by atoms with Gasteiger partial charge >= 0.3 is 0 Å². The summed E-state index contributed by atoms with van der Waals surface area (Å²) in [5.74, 6) is 0.0413. The number of benzene rings is 1. The van der Waals surface area contributed by atoms with Crippen LogP contribution in [0.5, 0.6) is 5.75 Å². The highest BCUT2D eigenvalue weighted by Gasteiger charge is 1.96. The van der Waals surface area contributed by atoms with E-state index in [1.807, 2.05) is 0 Å². The Morgan fingerprint density at radius 3 is 2.59 bits per heavy atom. The third-order valence-corrected chi connectivity index (χ3v) is 1.74. The quantitative estimate of drug-likeness (QED) is 0.380. The molecule has 1 rings (SSSR count). The molecule has 0 bridgehead atoms. The molecule has 0 aliphatic rings. The lowest BCUT2D eigenvalue weighted by Crippen LogP contribution is -2.23.